The SMILES string of the molecule is Cc1cc(C(=O)NCc2ccc(N3CCN(C)CC3)cc2)no1. The smallest absolute Gasteiger partial charge is 0.273 e. The van der Waals surface area contributed by atoms with Crippen LogP contribution in [0.25, 0.3) is 0 Å². The molecule has 1 amide bonds. The van der Waals surface area contributed by atoms with Crippen molar-refractivity contribution in [3.05, 3.63) is 47.3 Å². The van der Waals surface area contributed by atoms with Gasteiger partial charge in [0.25, 0.3) is 5.91 Å². The van der Waals surface area contributed by atoms with E-state index in [-0.39, 0.29) is 5.91 Å². The summed E-state index contributed by atoms with van der Waals surface area (Å²) >= 11 is 0. The van der Waals surface area contributed by atoms with E-state index in [1.165, 1.54) is 5.69 Å². The molecule has 1 aromatic carbocycles. The van der Waals surface area contributed by atoms with E-state index in [4.69, 9.17) is 4.52 Å². The Bertz CT molecular complexity index is 657. The summed E-state index contributed by atoms with van der Waals surface area (Å²) < 4.78 is 4.91. The summed E-state index contributed by atoms with van der Waals surface area (Å²) in [5.41, 5.74) is 2.62. The van der Waals surface area contributed by atoms with Crippen molar-refractivity contribution >= 4 is 11.6 Å². The maximum atomic E-state index is 11.9. The van der Waals surface area contributed by atoms with Crippen LogP contribution in [0.2, 0.25) is 0 Å². The van der Waals surface area contributed by atoms with Gasteiger partial charge in [0.05, 0.1) is 0 Å². The van der Waals surface area contributed by atoms with Crippen molar-refractivity contribution in [3.8, 4) is 0 Å². The molecule has 0 unspecified atom stereocenters. The molecule has 1 aliphatic heterocycles. The quantitative estimate of drug-likeness (QED) is 0.930. The lowest BCUT2D eigenvalue weighted by molar-refractivity contribution is 0.0942. The lowest BCUT2D eigenvalue weighted by Crippen LogP contribution is -2.44. The van der Waals surface area contributed by atoms with Crippen molar-refractivity contribution < 1.29 is 9.32 Å². The topological polar surface area (TPSA) is 61.6 Å². The minimum absolute atomic E-state index is 0.218. The first-order valence-electron chi connectivity index (χ1n) is 7.86. The highest BCUT2D eigenvalue weighted by Crippen LogP contribution is 2.17. The molecule has 0 atom stereocenters. The first-order chi connectivity index (χ1) is 11.1. The van der Waals surface area contributed by atoms with Gasteiger partial charge < -0.3 is 19.6 Å². The van der Waals surface area contributed by atoms with Gasteiger partial charge in [0.15, 0.2) is 5.69 Å². The van der Waals surface area contributed by atoms with Crippen LogP contribution in [0.1, 0.15) is 21.8 Å². The molecule has 1 aliphatic rings. The monoisotopic (exact) mass is 314 g/mol. The molecule has 0 aliphatic carbocycles. The van der Waals surface area contributed by atoms with Crippen LogP contribution in [0.5, 0.6) is 0 Å². The zero-order chi connectivity index (χ0) is 16.2. The molecule has 1 fully saturated rings. The normalized spacial score (nSPS) is 15.7. The van der Waals surface area contributed by atoms with E-state index >= 15 is 0 Å². The van der Waals surface area contributed by atoms with Crippen molar-refractivity contribution in [1.82, 2.24) is 15.4 Å². The Morgan fingerprint density at radius 3 is 2.52 bits per heavy atom. The van der Waals surface area contributed by atoms with Gasteiger partial charge in [0, 0.05) is 44.5 Å². The molecule has 122 valence electrons. The summed E-state index contributed by atoms with van der Waals surface area (Å²) in [6, 6.07) is 9.98. The molecular weight excluding hydrogens is 292 g/mol. The second-order valence-corrected chi connectivity index (χ2v) is 5.96. The molecule has 3 rings (SSSR count). The highest BCUT2D eigenvalue weighted by atomic mass is 16.5. The minimum atomic E-state index is -0.218. The van der Waals surface area contributed by atoms with Gasteiger partial charge in [-0.25, -0.2) is 0 Å². The van der Waals surface area contributed by atoms with Crippen LogP contribution in [-0.4, -0.2) is 49.2 Å². The van der Waals surface area contributed by atoms with Crippen molar-refractivity contribution in [3.63, 3.8) is 0 Å². The highest BCUT2D eigenvalue weighted by molar-refractivity contribution is 5.92. The zero-order valence-corrected chi connectivity index (χ0v) is 13.6. The number of likely N-dealkylation sites (N-methyl/N-ethyl adjacent to an activating group) is 1. The molecule has 0 saturated carbocycles. The van der Waals surface area contributed by atoms with E-state index < -0.39 is 0 Å². The molecule has 0 spiro atoms. The first-order valence-corrected chi connectivity index (χ1v) is 7.86. The average molecular weight is 314 g/mol. The minimum Gasteiger partial charge on any atom is -0.369 e. The summed E-state index contributed by atoms with van der Waals surface area (Å²) in [4.78, 5) is 16.7. The standard InChI is InChI=1S/C17H22N4O2/c1-13-11-16(19-23-13)17(22)18-12-14-3-5-15(6-4-14)21-9-7-20(2)8-10-21/h3-6,11H,7-10,12H2,1-2H3,(H,18,22). The molecule has 6 heteroatoms. The van der Waals surface area contributed by atoms with E-state index in [9.17, 15) is 4.79 Å². The summed E-state index contributed by atoms with van der Waals surface area (Å²) in [6.07, 6.45) is 0. The van der Waals surface area contributed by atoms with Crippen LogP contribution in [-0.2, 0) is 6.54 Å². The molecule has 6 nitrogen and oxygen atoms in total. The maximum Gasteiger partial charge on any atom is 0.273 e. The van der Waals surface area contributed by atoms with Crippen LogP contribution >= 0.6 is 0 Å². The Morgan fingerprint density at radius 2 is 1.91 bits per heavy atom. The number of piperazine rings is 1. The van der Waals surface area contributed by atoms with Gasteiger partial charge in [-0.2, -0.15) is 0 Å². The Hall–Kier alpha value is -2.34. The Kier molecular flexibility index (Phi) is 4.62. The summed E-state index contributed by atoms with van der Waals surface area (Å²) in [5.74, 6) is 0.414. The predicted molar refractivity (Wildman–Crippen MR) is 88.6 cm³/mol. The number of amides is 1. The lowest BCUT2D eigenvalue weighted by atomic mass is 10.1. The van der Waals surface area contributed by atoms with Gasteiger partial charge in [-0.05, 0) is 31.7 Å². The van der Waals surface area contributed by atoms with Crippen LogP contribution in [0.15, 0.2) is 34.9 Å². The fourth-order valence-electron chi connectivity index (χ4n) is 2.64. The zero-order valence-electron chi connectivity index (χ0n) is 13.6. The van der Waals surface area contributed by atoms with Gasteiger partial charge >= 0.3 is 0 Å². The van der Waals surface area contributed by atoms with E-state index in [0.29, 0.717) is 18.0 Å². The number of aromatic nitrogens is 1. The highest BCUT2D eigenvalue weighted by Gasteiger charge is 2.14. The fourth-order valence-corrected chi connectivity index (χ4v) is 2.64. The summed E-state index contributed by atoms with van der Waals surface area (Å²) in [7, 11) is 2.15. The number of rotatable bonds is 4. The number of carbonyl (C=O) groups is 1. The number of nitrogens with one attached hydrogen (secondary N) is 1. The lowest BCUT2D eigenvalue weighted by Gasteiger charge is -2.34. The number of aryl methyl sites for hydroxylation is 1. The van der Waals surface area contributed by atoms with Gasteiger partial charge in [0.1, 0.15) is 5.76 Å². The van der Waals surface area contributed by atoms with Gasteiger partial charge in [-0.1, -0.05) is 17.3 Å². The van der Waals surface area contributed by atoms with E-state index in [1.807, 2.05) is 0 Å². The number of hydrogen-bond acceptors (Lipinski definition) is 5. The van der Waals surface area contributed by atoms with Gasteiger partial charge in [0.2, 0.25) is 0 Å². The fraction of sp³-hybridized carbons (Fsp3) is 0.412. The molecule has 23 heavy (non-hydrogen) atoms. The Morgan fingerprint density at radius 1 is 1.22 bits per heavy atom. The van der Waals surface area contributed by atoms with Crippen molar-refractivity contribution in [2.75, 3.05) is 38.1 Å². The molecule has 2 aromatic rings. The second kappa shape index (κ2) is 6.83. The van der Waals surface area contributed by atoms with Crippen molar-refractivity contribution in [2.45, 2.75) is 13.5 Å². The third-order valence-corrected chi connectivity index (χ3v) is 4.12. The van der Waals surface area contributed by atoms with Crippen LogP contribution < -0.4 is 10.2 Å². The summed E-state index contributed by atoms with van der Waals surface area (Å²) in [5, 5.41) is 6.56. The number of carbonyl (C=O) groups excluding carboxylic acids is 1. The largest absolute Gasteiger partial charge is 0.369 e. The Labute approximate surface area is 136 Å². The second-order valence-electron chi connectivity index (χ2n) is 5.96. The molecule has 1 N–H and O–H groups in total. The van der Waals surface area contributed by atoms with Crippen molar-refractivity contribution in [2.24, 2.45) is 0 Å². The molecule has 2 heterocycles. The van der Waals surface area contributed by atoms with Crippen LogP contribution in [0.4, 0.5) is 5.69 Å². The number of benzene rings is 1. The first kappa shape index (κ1) is 15.6. The van der Waals surface area contributed by atoms with Crippen molar-refractivity contribution in [1.29, 1.82) is 0 Å². The third kappa shape index (κ3) is 3.90. The Balaban J connectivity index is 1.54. The van der Waals surface area contributed by atoms with Gasteiger partial charge in [-0.15, -0.1) is 0 Å². The molecule has 0 bridgehead atoms. The van der Waals surface area contributed by atoms with E-state index in [2.05, 4.69) is 51.6 Å². The molecular formula is C17H22N4O2. The predicted octanol–water partition coefficient (Wildman–Crippen LogP) is 1.66. The molecule has 1 aromatic heterocycles. The maximum absolute atomic E-state index is 11.9. The number of anilines is 1. The third-order valence-electron chi connectivity index (χ3n) is 4.12. The number of nitrogens with zero attached hydrogens (tertiary/aromatic N) is 3. The van der Waals surface area contributed by atoms with E-state index in [0.717, 1.165) is 31.7 Å². The van der Waals surface area contributed by atoms with Crippen LogP contribution in [0, 0.1) is 6.92 Å². The van der Waals surface area contributed by atoms with Crippen LogP contribution in [0.3, 0.4) is 0 Å². The average Bonchev–Trinajstić information content (AvgIpc) is 3.00. The summed E-state index contributed by atoms with van der Waals surface area (Å²) in [6.45, 7) is 6.54. The molecule has 0 radical (unpaired) electrons. The molecule has 1 saturated heterocycles. The van der Waals surface area contributed by atoms with Gasteiger partial charge in [-0.3, -0.25) is 4.79 Å². The number of hydrogen-bond donors (Lipinski definition) is 1. The van der Waals surface area contributed by atoms with E-state index in [1.54, 1.807) is 13.0 Å².